The van der Waals surface area contributed by atoms with E-state index in [1.807, 2.05) is 12.1 Å². The molecule has 0 saturated carbocycles. The number of benzene rings is 5. The second kappa shape index (κ2) is 7.92. The van der Waals surface area contributed by atoms with Crippen LogP contribution in [0, 0.1) is 0 Å². The quantitative estimate of drug-likeness (QED) is 0.254. The summed E-state index contributed by atoms with van der Waals surface area (Å²) >= 11 is 0. The lowest BCUT2D eigenvalue weighted by Gasteiger charge is -2.17. The normalized spacial score (nSPS) is 11.2. The molecule has 0 aliphatic heterocycles. The summed E-state index contributed by atoms with van der Waals surface area (Å²) in [6.07, 6.45) is 0. The molecule has 6 rings (SSSR count). The zero-order valence-electron chi connectivity index (χ0n) is 18.1. The highest BCUT2D eigenvalue weighted by Crippen LogP contribution is 2.45. The first kappa shape index (κ1) is 19.3. The molecule has 0 aliphatic rings. The summed E-state index contributed by atoms with van der Waals surface area (Å²) in [6.45, 7) is 3.83. The first-order chi connectivity index (χ1) is 16.4. The van der Waals surface area contributed by atoms with E-state index in [0.29, 0.717) is 0 Å². The summed E-state index contributed by atoms with van der Waals surface area (Å²) in [5, 5.41) is 2.48. The van der Waals surface area contributed by atoms with E-state index in [4.69, 9.17) is 0 Å². The molecule has 0 fully saturated rings. The van der Waals surface area contributed by atoms with Crippen LogP contribution in [-0.2, 0) is 0 Å². The summed E-state index contributed by atoms with van der Waals surface area (Å²) in [5.74, 6) is 0. The van der Waals surface area contributed by atoms with Gasteiger partial charge in [-0.1, -0.05) is 97.1 Å². The van der Waals surface area contributed by atoms with Crippen LogP contribution >= 0.6 is 0 Å². The standard InChI is InChI=1S/C31H22N2/c1-32-28-18-10-8-16-24(28)26-20-21-27-25-17-9-11-19-29(25)33(23-14-6-3-7-15-23)31(27)30(26)22-12-4-2-5-13-22/h2-21H,1H2. The Kier molecular flexibility index (Phi) is 4.63. The number of hydrogen-bond acceptors (Lipinski definition) is 1. The van der Waals surface area contributed by atoms with E-state index in [-0.39, 0.29) is 0 Å². The first-order valence-corrected chi connectivity index (χ1v) is 11.1. The molecule has 0 aliphatic carbocycles. The van der Waals surface area contributed by atoms with Gasteiger partial charge in [0.1, 0.15) is 0 Å². The predicted molar refractivity (Wildman–Crippen MR) is 141 cm³/mol. The van der Waals surface area contributed by atoms with Gasteiger partial charge in [0.05, 0.1) is 16.7 Å². The highest BCUT2D eigenvalue weighted by Gasteiger charge is 2.20. The molecule has 1 aromatic heterocycles. The van der Waals surface area contributed by atoms with E-state index in [2.05, 4.69) is 125 Å². The highest BCUT2D eigenvalue weighted by molar-refractivity contribution is 6.16. The molecule has 2 heteroatoms. The van der Waals surface area contributed by atoms with Gasteiger partial charge in [-0.2, -0.15) is 0 Å². The van der Waals surface area contributed by atoms with E-state index in [1.165, 1.54) is 32.9 Å². The molecule has 0 spiro atoms. The minimum atomic E-state index is 0.886. The predicted octanol–water partition coefficient (Wildman–Crippen LogP) is 8.45. The van der Waals surface area contributed by atoms with Crippen LogP contribution < -0.4 is 0 Å². The molecular formula is C31H22N2. The monoisotopic (exact) mass is 422 g/mol. The Morgan fingerprint density at radius 3 is 2.00 bits per heavy atom. The fourth-order valence-electron chi connectivity index (χ4n) is 4.86. The number of aliphatic imine (C=N–C) groups is 1. The lowest BCUT2D eigenvalue weighted by atomic mass is 9.91. The maximum Gasteiger partial charge on any atom is 0.0700 e. The zero-order chi connectivity index (χ0) is 22.2. The van der Waals surface area contributed by atoms with Gasteiger partial charge in [0, 0.05) is 27.6 Å². The molecule has 0 atom stereocenters. The number of aromatic nitrogens is 1. The first-order valence-electron chi connectivity index (χ1n) is 11.1. The number of nitrogens with zero attached hydrogens (tertiary/aromatic N) is 2. The summed E-state index contributed by atoms with van der Waals surface area (Å²) in [4.78, 5) is 4.33. The number of para-hydroxylation sites is 3. The molecule has 2 nitrogen and oxygen atoms in total. The Morgan fingerprint density at radius 1 is 0.545 bits per heavy atom. The number of rotatable bonds is 4. The maximum absolute atomic E-state index is 4.33. The van der Waals surface area contributed by atoms with Crippen molar-refractivity contribution >= 4 is 34.2 Å². The van der Waals surface area contributed by atoms with E-state index in [1.54, 1.807) is 0 Å². The summed E-state index contributed by atoms with van der Waals surface area (Å²) < 4.78 is 2.39. The number of fused-ring (bicyclic) bond motifs is 3. The van der Waals surface area contributed by atoms with E-state index in [9.17, 15) is 0 Å². The summed E-state index contributed by atoms with van der Waals surface area (Å²) in [7, 11) is 0. The van der Waals surface area contributed by atoms with Gasteiger partial charge in [-0.15, -0.1) is 0 Å². The fraction of sp³-hybridized carbons (Fsp3) is 0. The number of hydrogen-bond donors (Lipinski definition) is 0. The van der Waals surface area contributed by atoms with Crippen molar-refractivity contribution in [3.63, 3.8) is 0 Å². The Hall–Kier alpha value is -4.43. The van der Waals surface area contributed by atoms with Crippen LogP contribution in [0.5, 0.6) is 0 Å². The minimum absolute atomic E-state index is 0.886. The average Bonchev–Trinajstić information content (AvgIpc) is 3.23. The molecule has 33 heavy (non-hydrogen) atoms. The van der Waals surface area contributed by atoms with E-state index >= 15 is 0 Å². The van der Waals surface area contributed by atoms with E-state index < -0.39 is 0 Å². The third kappa shape index (κ3) is 3.07. The van der Waals surface area contributed by atoms with Gasteiger partial charge in [-0.3, -0.25) is 4.99 Å². The average molecular weight is 423 g/mol. The summed E-state index contributed by atoms with van der Waals surface area (Å²) in [6, 6.07) is 42.6. The Morgan fingerprint density at radius 2 is 1.21 bits per heavy atom. The SMILES string of the molecule is C=Nc1ccccc1-c1ccc2c3ccccc3n(-c3ccccc3)c2c1-c1ccccc1. The molecule has 156 valence electrons. The van der Waals surface area contributed by atoms with Gasteiger partial charge >= 0.3 is 0 Å². The molecule has 0 radical (unpaired) electrons. The largest absolute Gasteiger partial charge is 0.309 e. The maximum atomic E-state index is 4.33. The third-order valence-corrected chi connectivity index (χ3v) is 6.28. The molecule has 0 saturated heterocycles. The Labute approximate surface area is 193 Å². The lowest BCUT2D eigenvalue weighted by Crippen LogP contribution is -1.97. The highest BCUT2D eigenvalue weighted by atomic mass is 15.0. The Bertz CT molecular complexity index is 1610. The molecule has 0 amide bonds. The minimum Gasteiger partial charge on any atom is -0.309 e. The molecule has 0 unspecified atom stereocenters. The molecule has 0 bridgehead atoms. The van der Waals surface area contributed by atoms with Crippen LogP contribution in [0.1, 0.15) is 0 Å². The van der Waals surface area contributed by atoms with Gasteiger partial charge in [0.25, 0.3) is 0 Å². The van der Waals surface area contributed by atoms with Gasteiger partial charge in [0.15, 0.2) is 0 Å². The second-order valence-corrected chi connectivity index (χ2v) is 8.11. The van der Waals surface area contributed by atoms with Crippen molar-refractivity contribution in [2.75, 3.05) is 0 Å². The van der Waals surface area contributed by atoms with Gasteiger partial charge in [-0.25, -0.2) is 0 Å². The molecule has 6 aromatic rings. The van der Waals surface area contributed by atoms with Gasteiger partial charge < -0.3 is 4.57 Å². The van der Waals surface area contributed by atoms with Crippen molar-refractivity contribution in [3.8, 4) is 27.9 Å². The molecule has 0 N–H and O–H groups in total. The topological polar surface area (TPSA) is 17.3 Å². The van der Waals surface area contributed by atoms with E-state index in [0.717, 1.165) is 22.5 Å². The van der Waals surface area contributed by atoms with Gasteiger partial charge in [-0.05, 0) is 42.1 Å². The van der Waals surface area contributed by atoms with Crippen LogP contribution in [0.4, 0.5) is 5.69 Å². The lowest BCUT2D eigenvalue weighted by molar-refractivity contribution is 1.18. The molecule has 1 heterocycles. The van der Waals surface area contributed by atoms with Crippen molar-refractivity contribution in [2.45, 2.75) is 0 Å². The van der Waals surface area contributed by atoms with Crippen LogP contribution in [0.2, 0.25) is 0 Å². The van der Waals surface area contributed by atoms with Crippen molar-refractivity contribution < 1.29 is 0 Å². The van der Waals surface area contributed by atoms with Crippen LogP contribution in [-0.4, -0.2) is 11.3 Å². The third-order valence-electron chi connectivity index (χ3n) is 6.28. The molecular weight excluding hydrogens is 400 g/mol. The van der Waals surface area contributed by atoms with Crippen LogP contribution in [0.25, 0.3) is 49.7 Å². The van der Waals surface area contributed by atoms with Crippen LogP contribution in [0.3, 0.4) is 0 Å². The van der Waals surface area contributed by atoms with Crippen molar-refractivity contribution in [1.82, 2.24) is 4.57 Å². The van der Waals surface area contributed by atoms with Crippen molar-refractivity contribution in [3.05, 3.63) is 121 Å². The van der Waals surface area contributed by atoms with Crippen molar-refractivity contribution in [2.24, 2.45) is 4.99 Å². The molecule has 5 aromatic carbocycles. The summed E-state index contributed by atoms with van der Waals surface area (Å²) in [5.41, 5.74) is 9.04. The van der Waals surface area contributed by atoms with Crippen molar-refractivity contribution in [1.29, 1.82) is 0 Å². The fourth-order valence-corrected chi connectivity index (χ4v) is 4.86. The second-order valence-electron chi connectivity index (χ2n) is 8.11. The van der Waals surface area contributed by atoms with Gasteiger partial charge in [0.2, 0.25) is 0 Å². The Balaban J connectivity index is 1.85. The smallest absolute Gasteiger partial charge is 0.0700 e. The van der Waals surface area contributed by atoms with Crippen LogP contribution in [0.15, 0.2) is 126 Å². The zero-order valence-corrected chi connectivity index (χ0v) is 18.1.